The average molecular weight is 147 g/mol. The summed E-state index contributed by atoms with van der Waals surface area (Å²) >= 11 is 0. The normalized spacial score (nSPS) is 22.3. The summed E-state index contributed by atoms with van der Waals surface area (Å²) in [6.45, 7) is 8.22. The second-order valence-electron chi connectivity index (χ2n) is 3.96. The van der Waals surface area contributed by atoms with Crippen LogP contribution in [0.3, 0.4) is 0 Å². The molecule has 1 nitrogen and oxygen atoms in total. The van der Waals surface area contributed by atoms with Crippen molar-refractivity contribution in [3.05, 3.63) is 23.8 Å². The fourth-order valence-corrected chi connectivity index (χ4v) is 1.61. The van der Waals surface area contributed by atoms with Gasteiger partial charge < -0.3 is 0 Å². The van der Waals surface area contributed by atoms with Crippen molar-refractivity contribution in [2.75, 3.05) is 0 Å². The van der Waals surface area contributed by atoms with Gasteiger partial charge in [0.15, 0.2) is 0 Å². The van der Waals surface area contributed by atoms with Crippen molar-refractivity contribution >= 4 is 0 Å². The topological polar surface area (TPSA) is 23.8 Å². The van der Waals surface area contributed by atoms with Gasteiger partial charge in [0.1, 0.15) is 0 Å². The van der Waals surface area contributed by atoms with Gasteiger partial charge in [0, 0.05) is 5.57 Å². The molecule has 0 atom stereocenters. The van der Waals surface area contributed by atoms with Gasteiger partial charge in [0.05, 0.1) is 6.07 Å². The molecule has 0 unspecified atom stereocenters. The van der Waals surface area contributed by atoms with Crippen molar-refractivity contribution < 1.29 is 0 Å². The van der Waals surface area contributed by atoms with Crippen LogP contribution in [-0.4, -0.2) is 0 Å². The molecule has 0 amide bonds. The monoisotopic (exact) mass is 147 g/mol. The third-order valence-corrected chi connectivity index (χ3v) is 1.90. The summed E-state index contributed by atoms with van der Waals surface area (Å²) in [6, 6.07) is 2.19. The van der Waals surface area contributed by atoms with Crippen LogP contribution in [-0.2, 0) is 0 Å². The quantitative estimate of drug-likeness (QED) is 0.517. The molecule has 0 aromatic carbocycles. The predicted molar refractivity (Wildman–Crippen MR) is 45.9 cm³/mol. The first-order valence-corrected chi connectivity index (χ1v) is 3.82. The first-order valence-electron chi connectivity index (χ1n) is 3.82. The summed E-state index contributed by atoms with van der Waals surface area (Å²) in [6.07, 6.45) is 3.81. The summed E-state index contributed by atoms with van der Waals surface area (Å²) in [4.78, 5) is 0. The van der Waals surface area contributed by atoms with E-state index in [1.165, 1.54) is 0 Å². The molecule has 0 fully saturated rings. The zero-order chi connectivity index (χ0) is 8.48. The third kappa shape index (κ3) is 1.94. The Bertz CT molecular complexity index is 251. The van der Waals surface area contributed by atoms with Crippen molar-refractivity contribution in [3.8, 4) is 6.07 Å². The lowest BCUT2D eigenvalue weighted by Gasteiger charge is -2.28. The Labute approximate surface area is 68.0 Å². The number of nitriles is 1. The molecule has 58 valence electrons. The largest absolute Gasteiger partial charge is 0.193 e. The van der Waals surface area contributed by atoms with Gasteiger partial charge in [-0.15, -0.1) is 0 Å². The van der Waals surface area contributed by atoms with Crippen LogP contribution in [0.1, 0.15) is 26.7 Å². The molecule has 11 heavy (non-hydrogen) atoms. The molecule has 0 aromatic rings. The molecule has 0 aromatic heterocycles. The van der Waals surface area contributed by atoms with Crippen molar-refractivity contribution in [2.24, 2.45) is 5.41 Å². The molecule has 0 N–H and O–H groups in total. The second kappa shape index (κ2) is 2.54. The molecule has 1 heteroatoms. The number of hydrogen-bond acceptors (Lipinski definition) is 1. The summed E-state index contributed by atoms with van der Waals surface area (Å²) < 4.78 is 0. The van der Waals surface area contributed by atoms with E-state index in [-0.39, 0.29) is 5.41 Å². The molecule has 0 saturated carbocycles. The fourth-order valence-electron chi connectivity index (χ4n) is 1.61. The first-order chi connectivity index (χ1) is 5.03. The maximum Gasteiger partial charge on any atom is 0.0947 e. The molecule has 0 heterocycles. The van der Waals surface area contributed by atoms with E-state index in [9.17, 15) is 0 Å². The lowest BCUT2D eigenvalue weighted by atomic mass is 9.76. The Morgan fingerprint density at radius 2 is 2.18 bits per heavy atom. The van der Waals surface area contributed by atoms with E-state index >= 15 is 0 Å². The van der Waals surface area contributed by atoms with Crippen LogP contribution in [0.25, 0.3) is 0 Å². The Morgan fingerprint density at radius 3 is 2.64 bits per heavy atom. The van der Waals surface area contributed by atoms with Crippen LogP contribution in [0, 0.1) is 16.7 Å². The van der Waals surface area contributed by atoms with Crippen LogP contribution in [0.2, 0.25) is 0 Å². The van der Waals surface area contributed by atoms with E-state index in [2.05, 4.69) is 26.5 Å². The highest BCUT2D eigenvalue weighted by molar-refractivity contribution is 5.35. The molecule has 1 aliphatic carbocycles. The summed E-state index contributed by atoms with van der Waals surface area (Å²) in [5, 5.41) is 8.68. The summed E-state index contributed by atoms with van der Waals surface area (Å²) in [7, 11) is 0. The maximum absolute atomic E-state index is 8.68. The Morgan fingerprint density at radius 1 is 1.55 bits per heavy atom. The smallest absolute Gasteiger partial charge is 0.0947 e. The predicted octanol–water partition coefficient (Wildman–Crippen LogP) is 2.81. The van der Waals surface area contributed by atoms with Crippen molar-refractivity contribution in [2.45, 2.75) is 26.7 Å². The highest BCUT2D eigenvalue weighted by Gasteiger charge is 2.24. The lowest BCUT2D eigenvalue weighted by molar-refractivity contribution is 0.356. The summed E-state index contributed by atoms with van der Waals surface area (Å²) in [5.41, 5.74) is 2.18. The molecule has 0 spiro atoms. The van der Waals surface area contributed by atoms with Gasteiger partial charge >= 0.3 is 0 Å². The number of rotatable bonds is 0. The van der Waals surface area contributed by atoms with Gasteiger partial charge in [-0.1, -0.05) is 26.0 Å². The molecule has 0 bridgehead atoms. The Hall–Kier alpha value is -1.03. The zero-order valence-electron chi connectivity index (χ0n) is 7.15. The van der Waals surface area contributed by atoms with Crippen LogP contribution >= 0.6 is 0 Å². The molecule has 1 aliphatic rings. The molecule has 0 aliphatic heterocycles. The number of nitrogens with zero attached hydrogens (tertiary/aromatic N) is 1. The van der Waals surface area contributed by atoms with E-state index in [0.29, 0.717) is 0 Å². The molecule has 1 rings (SSSR count). The minimum absolute atomic E-state index is 0.233. The maximum atomic E-state index is 8.68. The minimum Gasteiger partial charge on any atom is -0.193 e. The second-order valence-corrected chi connectivity index (χ2v) is 3.96. The van der Waals surface area contributed by atoms with Crippen molar-refractivity contribution in [1.29, 1.82) is 5.26 Å². The minimum atomic E-state index is 0.233. The van der Waals surface area contributed by atoms with Crippen LogP contribution in [0.5, 0.6) is 0 Å². The van der Waals surface area contributed by atoms with Crippen molar-refractivity contribution in [3.63, 3.8) is 0 Å². The number of allylic oxidation sites excluding steroid dienone is 3. The van der Waals surface area contributed by atoms with E-state index in [0.717, 1.165) is 24.0 Å². The molecular formula is C10H13N. The van der Waals surface area contributed by atoms with Gasteiger partial charge in [0.2, 0.25) is 0 Å². The Kier molecular flexibility index (Phi) is 1.87. The van der Waals surface area contributed by atoms with Gasteiger partial charge in [-0.25, -0.2) is 0 Å². The fraction of sp³-hybridized carbons (Fsp3) is 0.500. The Balaban J connectivity index is 2.89. The van der Waals surface area contributed by atoms with E-state index in [4.69, 9.17) is 5.26 Å². The third-order valence-electron chi connectivity index (χ3n) is 1.90. The number of hydrogen-bond donors (Lipinski definition) is 0. The average Bonchev–Trinajstić information content (AvgIpc) is 1.83. The van der Waals surface area contributed by atoms with Crippen LogP contribution in [0.4, 0.5) is 0 Å². The molecule has 0 saturated heterocycles. The zero-order valence-corrected chi connectivity index (χ0v) is 7.15. The van der Waals surface area contributed by atoms with E-state index in [1.807, 2.05) is 6.08 Å². The van der Waals surface area contributed by atoms with Gasteiger partial charge in [-0.05, 0) is 24.3 Å². The van der Waals surface area contributed by atoms with Crippen LogP contribution in [0.15, 0.2) is 23.8 Å². The highest BCUT2D eigenvalue weighted by atomic mass is 14.3. The first kappa shape index (κ1) is 8.07. The van der Waals surface area contributed by atoms with Crippen LogP contribution < -0.4 is 0 Å². The molecule has 0 radical (unpaired) electrons. The van der Waals surface area contributed by atoms with E-state index in [1.54, 1.807) is 0 Å². The SMILES string of the molecule is C=C1C=C(C#N)CC(C)(C)C1. The van der Waals surface area contributed by atoms with Gasteiger partial charge in [-0.2, -0.15) is 5.26 Å². The summed E-state index contributed by atoms with van der Waals surface area (Å²) in [5.74, 6) is 0. The lowest BCUT2D eigenvalue weighted by Crippen LogP contribution is -2.16. The van der Waals surface area contributed by atoms with Gasteiger partial charge in [-0.3, -0.25) is 0 Å². The van der Waals surface area contributed by atoms with E-state index < -0.39 is 0 Å². The highest BCUT2D eigenvalue weighted by Crippen LogP contribution is 2.36. The molecular weight excluding hydrogens is 134 g/mol. The standard InChI is InChI=1S/C10H13N/c1-8-4-9(7-11)6-10(2,3)5-8/h4H,1,5-6H2,2-3H3. The van der Waals surface area contributed by atoms with Crippen molar-refractivity contribution in [1.82, 2.24) is 0 Å². The van der Waals surface area contributed by atoms with Gasteiger partial charge in [0.25, 0.3) is 0 Å².